The summed E-state index contributed by atoms with van der Waals surface area (Å²) in [5.41, 5.74) is 5.30. The topological polar surface area (TPSA) is 52.6 Å². The third-order valence-electron chi connectivity index (χ3n) is 5.93. The summed E-state index contributed by atoms with van der Waals surface area (Å²) in [6, 6.07) is 18.4. The molecule has 0 N–H and O–H groups in total. The second-order valence-electron chi connectivity index (χ2n) is 8.47. The quantitative estimate of drug-likeness (QED) is 0.275. The van der Waals surface area contributed by atoms with E-state index in [4.69, 9.17) is 9.47 Å². The average molecular weight is 479 g/mol. The summed E-state index contributed by atoms with van der Waals surface area (Å²) < 4.78 is 11.7. The van der Waals surface area contributed by atoms with Gasteiger partial charge in [-0.25, -0.2) is 0 Å². The second-order valence-corrected chi connectivity index (χ2v) is 9.64. The van der Waals surface area contributed by atoms with Gasteiger partial charge in [0.05, 0.1) is 12.2 Å². The fourth-order valence-electron chi connectivity index (χ4n) is 4.35. The number of thiophene rings is 1. The highest BCUT2D eigenvalue weighted by atomic mass is 32.1. The van der Waals surface area contributed by atoms with Crippen LogP contribution in [0.25, 0.3) is 10.4 Å². The van der Waals surface area contributed by atoms with Crippen molar-refractivity contribution in [3.63, 3.8) is 0 Å². The summed E-state index contributed by atoms with van der Waals surface area (Å²) in [4.78, 5) is 25.2. The van der Waals surface area contributed by atoms with Crippen molar-refractivity contribution < 1.29 is 19.1 Å². The first-order valence-corrected chi connectivity index (χ1v) is 12.8. The number of aryl methyl sites for hydroxylation is 1. The molecule has 1 aliphatic heterocycles. The molecule has 5 heteroatoms. The maximum Gasteiger partial charge on any atom is 0.302 e. The number of carbonyl (C=O) groups is 2. The van der Waals surface area contributed by atoms with Crippen molar-refractivity contribution in [1.82, 2.24) is 0 Å². The van der Waals surface area contributed by atoms with Crippen LogP contribution < -0.4 is 0 Å². The summed E-state index contributed by atoms with van der Waals surface area (Å²) in [5.74, 6) is -0.239. The van der Waals surface area contributed by atoms with E-state index in [0.717, 1.165) is 35.1 Å². The van der Waals surface area contributed by atoms with Gasteiger partial charge in [-0.1, -0.05) is 56.3 Å². The standard InChI is InChI=1S/C27H28O4S.C2H6/c1-17-8-9-20(26-15-23(31-19(3)29)12-18(2)30-26)13-22(17)14-24-10-11-27(32-24)25-7-5-4-6-21(25)16-28;1-2/h4-11,13,16,18,23,26H,12,14-15H2,1-3H3;1-2H3. The van der Waals surface area contributed by atoms with E-state index in [9.17, 15) is 9.59 Å². The van der Waals surface area contributed by atoms with Gasteiger partial charge in [-0.3, -0.25) is 9.59 Å². The molecule has 1 saturated heterocycles. The molecular weight excluding hydrogens is 444 g/mol. The zero-order chi connectivity index (χ0) is 24.7. The summed E-state index contributed by atoms with van der Waals surface area (Å²) in [6.45, 7) is 9.62. The molecule has 3 atom stereocenters. The van der Waals surface area contributed by atoms with Crippen molar-refractivity contribution in [2.75, 3.05) is 0 Å². The number of benzene rings is 2. The molecule has 3 unspecified atom stereocenters. The third kappa shape index (κ3) is 6.43. The van der Waals surface area contributed by atoms with Gasteiger partial charge in [0.25, 0.3) is 0 Å². The van der Waals surface area contributed by atoms with Crippen LogP contribution in [0.4, 0.5) is 0 Å². The van der Waals surface area contributed by atoms with Crippen molar-refractivity contribution >= 4 is 23.6 Å². The first kappa shape index (κ1) is 25.9. The molecule has 4 rings (SSSR count). The van der Waals surface area contributed by atoms with Gasteiger partial charge in [0.2, 0.25) is 0 Å². The minimum absolute atomic E-state index is 0.0422. The van der Waals surface area contributed by atoms with Gasteiger partial charge in [0.1, 0.15) is 6.10 Å². The summed E-state index contributed by atoms with van der Waals surface area (Å²) in [6.07, 6.45) is 3.00. The molecule has 1 aliphatic rings. The molecule has 4 nitrogen and oxygen atoms in total. The van der Waals surface area contributed by atoms with E-state index in [1.165, 1.54) is 22.9 Å². The van der Waals surface area contributed by atoms with Gasteiger partial charge in [-0.05, 0) is 42.7 Å². The summed E-state index contributed by atoms with van der Waals surface area (Å²) in [5, 5.41) is 0. The van der Waals surface area contributed by atoms with Crippen LogP contribution in [0.1, 0.15) is 78.6 Å². The van der Waals surface area contributed by atoms with Gasteiger partial charge in [0, 0.05) is 47.1 Å². The number of carbonyl (C=O) groups excluding carboxylic acids is 2. The molecule has 1 fully saturated rings. The number of rotatable bonds is 6. The van der Waals surface area contributed by atoms with Gasteiger partial charge in [-0.2, -0.15) is 0 Å². The Hall–Kier alpha value is -2.76. The normalized spacial score (nSPS) is 19.6. The van der Waals surface area contributed by atoms with Crippen molar-refractivity contribution in [1.29, 1.82) is 0 Å². The number of hydrogen-bond donors (Lipinski definition) is 0. The largest absolute Gasteiger partial charge is 0.462 e. The van der Waals surface area contributed by atoms with Crippen LogP contribution in [0.3, 0.4) is 0 Å². The van der Waals surface area contributed by atoms with Crippen LogP contribution in [0.2, 0.25) is 0 Å². The van der Waals surface area contributed by atoms with E-state index in [0.29, 0.717) is 12.0 Å². The van der Waals surface area contributed by atoms with Gasteiger partial charge in [0.15, 0.2) is 6.29 Å². The Morgan fingerprint density at radius 2 is 1.88 bits per heavy atom. The Kier molecular flexibility index (Phi) is 9.20. The Balaban J connectivity index is 0.00000158. The predicted molar refractivity (Wildman–Crippen MR) is 139 cm³/mol. The average Bonchev–Trinajstić information content (AvgIpc) is 3.29. The lowest BCUT2D eigenvalue weighted by atomic mass is 9.93. The zero-order valence-electron chi connectivity index (χ0n) is 20.7. The monoisotopic (exact) mass is 478 g/mol. The molecule has 0 bridgehead atoms. The van der Waals surface area contributed by atoms with E-state index < -0.39 is 0 Å². The van der Waals surface area contributed by atoms with E-state index >= 15 is 0 Å². The van der Waals surface area contributed by atoms with E-state index in [-0.39, 0.29) is 24.3 Å². The summed E-state index contributed by atoms with van der Waals surface area (Å²) >= 11 is 1.72. The Labute approximate surface area is 206 Å². The Bertz CT molecular complexity index is 1120. The Morgan fingerprint density at radius 1 is 1.12 bits per heavy atom. The lowest BCUT2D eigenvalue weighted by molar-refractivity contribution is -0.158. The first-order chi connectivity index (χ1) is 16.4. The fraction of sp³-hybridized carbons (Fsp3) is 0.379. The molecule has 0 radical (unpaired) electrons. The molecule has 180 valence electrons. The number of aldehydes is 1. The lowest BCUT2D eigenvalue weighted by Gasteiger charge is -2.33. The van der Waals surface area contributed by atoms with Crippen molar-refractivity contribution in [2.45, 2.75) is 72.2 Å². The highest BCUT2D eigenvalue weighted by molar-refractivity contribution is 7.15. The minimum atomic E-state index is -0.239. The SMILES string of the molecule is CC.CC(=O)OC1CC(C)OC(c2ccc(C)c(Cc3ccc(-c4ccccc4C=O)s3)c2)C1. The maximum atomic E-state index is 11.4. The molecule has 3 aromatic rings. The molecule has 0 amide bonds. The number of hydrogen-bond acceptors (Lipinski definition) is 5. The van der Waals surface area contributed by atoms with Crippen LogP contribution in [-0.2, 0) is 20.7 Å². The highest BCUT2D eigenvalue weighted by Crippen LogP contribution is 2.35. The fourth-order valence-corrected chi connectivity index (χ4v) is 5.43. The molecule has 1 aromatic heterocycles. The van der Waals surface area contributed by atoms with Crippen LogP contribution in [0.5, 0.6) is 0 Å². The second kappa shape index (κ2) is 12.1. The molecule has 34 heavy (non-hydrogen) atoms. The van der Waals surface area contributed by atoms with Crippen molar-refractivity contribution in [2.24, 2.45) is 0 Å². The van der Waals surface area contributed by atoms with E-state index in [1.54, 1.807) is 11.3 Å². The predicted octanol–water partition coefficient (Wildman–Crippen LogP) is 7.32. The molecular formula is C29H34O4S. The first-order valence-electron chi connectivity index (χ1n) is 12.0. The van der Waals surface area contributed by atoms with Crippen LogP contribution >= 0.6 is 11.3 Å². The van der Waals surface area contributed by atoms with Crippen LogP contribution in [0, 0.1) is 6.92 Å². The third-order valence-corrected chi connectivity index (χ3v) is 7.04. The molecule has 2 heterocycles. The van der Waals surface area contributed by atoms with E-state index in [2.05, 4.69) is 37.3 Å². The van der Waals surface area contributed by atoms with E-state index in [1.807, 2.05) is 45.0 Å². The summed E-state index contributed by atoms with van der Waals surface area (Å²) in [7, 11) is 0. The van der Waals surface area contributed by atoms with Gasteiger partial charge in [-0.15, -0.1) is 11.3 Å². The molecule has 2 aromatic carbocycles. The number of ether oxygens (including phenoxy) is 2. The Morgan fingerprint density at radius 3 is 2.62 bits per heavy atom. The van der Waals surface area contributed by atoms with Crippen LogP contribution in [0.15, 0.2) is 54.6 Å². The smallest absolute Gasteiger partial charge is 0.302 e. The molecule has 0 aliphatic carbocycles. The minimum Gasteiger partial charge on any atom is -0.462 e. The van der Waals surface area contributed by atoms with Crippen molar-refractivity contribution in [3.05, 3.63) is 81.7 Å². The lowest BCUT2D eigenvalue weighted by Crippen LogP contribution is -2.32. The maximum absolute atomic E-state index is 11.4. The van der Waals surface area contributed by atoms with Crippen LogP contribution in [-0.4, -0.2) is 24.5 Å². The van der Waals surface area contributed by atoms with Crippen molar-refractivity contribution in [3.8, 4) is 10.4 Å². The molecule has 0 spiro atoms. The highest BCUT2D eigenvalue weighted by Gasteiger charge is 2.30. The zero-order valence-corrected chi connectivity index (χ0v) is 21.5. The molecule has 0 saturated carbocycles. The van der Waals surface area contributed by atoms with Gasteiger partial charge >= 0.3 is 5.97 Å². The number of esters is 1. The van der Waals surface area contributed by atoms with Gasteiger partial charge < -0.3 is 9.47 Å².